The normalized spacial score (nSPS) is 8.00. The van der Waals surface area contributed by atoms with E-state index in [4.69, 9.17) is 0 Å². The van der Waals surface area contributed by atoms with Crippen LogP contribution >= 0.6 is 0 Å². The Bertz CT molecular complexity index is 510. The minimum Gasteiger partial charge on any atom is 0 e. The van der Waals surface area contributed by atoms with Crippen LogP contribution in [0.1, 0.15) is 0 Å². The largest absolute Gasteiger partial charge is 0 e. The number of hydrogen-bond donors (Lipinski definition) is 0. The van der Waals surface area contributed by atoms with Crippen molar-refractivity contribution in [1.29, 1.82) is 0 Å². The molecule has 0 aromatic rings. The van der Waals surface area contributed by atoms with Crippen LogP contribution < -0.4 is 0 Å². The molecule has 0 aliphatic heterocycles. The highest BCUT2D eigenvalue weighted by Gasteiger charge is 1.59. The first-order chi connectivity index (χ1) is 8.00. The monoisotopic (exact) mass is 192 g/mol. The lowest BCUT2D eigenvalue weighted by molar-refractivity contribution is 2.31. The van der Waals surface area contributed by atoms with E-state index >= 15 is 0 Å². The molecular formula is C16. The summed E-state index contributed by atoms with van der Waals surface area (Å²) in [5.41, 5.74) is 0. The van der Waals surface area contributed by atoms with Gasteiger partial charge in [0, 0.05) is 94.7 Å². The first-order valence-electron chi connectivity index (χ1n) is 4.00. The van der Waals surface area contributed by atoms with Crippen molar-refractivity contribution in [1.82, 2.24) is 0 Å². The summed E-state index contributed by atoms with van der Waals surface area (Å²) in [5, 5.41) is 0. The van der Waals surface area contributed by atoms with Gasteiger partial charge in [0.05, 0.1) is 0 Å². The maximum absolute atomic E-state index is 2.50. The van der Waals surface area contributed by atoms with E-state index < -0.39 is 0 Å². The number of hydrogen-bond acceptors (Lipinski definition) is 0. The molecule has 0 aromatic carbocycles. The SMILES string of the molecule is C1#CC#CC#CC#CC#CC#CC#CC#C1. The molecule has 0 radical (unpaired) electrons. The molecule has 0 saturated heterocycles. The summed E-state index contributed by atoms with van der Waals surface area (Å²) in [4.78, 5) is 0. The van der Waals surface area contributed by atoms with E-state index in [0.717, 1.165) is 0 Å². The molecule has 0 aromatic heterocycles. The van der Waals surface area contributed by atoms with Crippen LogP contribution in [-0.2, 0) is 0 Å². The van der Waals surface area contributed by atoms with Gasteiger partial charge in [-0.3, -0.25) is 0 Å². The third kappa shape index (κ3) is 6.05. The molecule has 0 nitrogen and oxygen atoms in total. The van der Waals surface area contributed by atoms with Crippen LogP contribution in [0.25, 0.3) is 0 Å². The van der Waals surface area contributed by atoms with Crippen molar-refractivity contribution in [3.05, 3.63) is 0 Å². The summed E-state index contributed by atoms with van der Waals surface area (Å²) < 4.78 is 0. The van der Waals surface area contributed by atoms with Crippen molar-refractivity contribution < 1.29 is 0 Å². The molecule has 0 heterocycles. The number of rotatable bonds is 0. The topological polar surface area (TPSA) is 0 Å². The first kappa shape index (κ1) is 10.6. The van der Waals surface area contributed by atoms with Gasteiger partial charge in [-0.25, -0.2) is 0 Å². The molecule has 0 atom stereocenters. The molecule has 0 fully saturated rings. The summed E-state index contributed by atoms with van der Waals surface area (Å²) in [6.07, 6.45) is 0. The highest BCUT2D eigenvalue weighted by atomic mass is 13.6. The minimum absolute atomic E-state index is 2.50. The zero-order valence-electron chi connectivity index (χ0n) is 8.00. The third-order valence-corrected chi connectivity index (χ3v) is 1.00. The van der Waals surface area contributed by atoms with Crippen LogP contribution in [0.5, 0.6) is 0 Å². The quantitative estimate of drug-likeness (QED) is 0.475. The lowest BCUT2D eigenvalue weighted by Gasteiger charge is -1.58. The van der Waals surface area contributed by atoms with Crippen molar-refractivity contribution >= 4 is 0 Å². The molecule has 0 saturated carbocycles. The minimum atomic E-state index is 2.50. The second-order valence-corrected chi connectivity index (χ2v) is 2.00. The Kier molecular flexibility index (Phi) is 5.34. The van der Waals surface area contributed by atoms with Gasteiger partial charge in [0.2, 0.25) is 0 Å². The molecule has 0 heteroatoms. The van der Waals surface area contributed by atoms with Crippen LogP contribution in [-0.4, -0.2) is 0 Å². The van der Waals surface area contributed by atoms with E-state index in [9.17, 15) is 0 Å². The van der Waals surface area contributed by atoms with Crippen molar-refractivity contribution in [2.24, 2.45) is 0 Å². The van der Waals surface area contributed by atoms with Crippen LogP contribution in [0.2, 0.25) is 0 Å². The van der Waals surface area contributed by atoms with Gasteiger partial charge in [0.1, 0.15) is 0 Å². The average Bonchev–Trinajstić information content (AvgIpc) is 2.29. The molecule has 1 aliphatic rings. The Morgan fingerprint density at radius 2 is 0.188 bits per heavy atom. The van der Waals surface area contributed by atoms with Gasteiger partial charge in [-0.15, -0.1) is 0 Å². The molecule has 0 N–H and O–H groups in total. The Morgan fingerprint density at radius 1 is 0.125 bits per heavy atom. The fraction of sp³-hybridized carbons (Fsp3) is 0. The predicted molar refractivity (Wildman–Crippen MR) is 62.2 cm³/mol. The Hall–Kier alpha value is -3.52. The molecule has 0 amide bonds. The van der Waals surface area contributed by atoms with Gasteiger partial charge in [0.15, 0.2) is 0 Å². The van der Waals surface area contributed by atoms with E-state index in [-0.39, 0.29) is 0 Å². The lowest BCUT2D eigenvalue weighted by atomic mass is 10.4. The molecule has 64 valence electrons. The van der Waals surface area contributed by atoms with Crippen molar-refractivity contribution in [2.75, 3.05) is 0 Å². The molecule has 0 bridgehead atoms. The molecule has 16 heavy (non-hydrogen) atoms. The Morgan fingerprint density at radius 3 is 0.250 bits per heavy atom. The summed E-state index contributed by atoms with van der Waals surface area (Å²) in [6, 6.07) is 0. The standard InChI is InChI=1S/C16/c1-2-4-6-8-10-12-14-16-15-13-11-9-7-5-3-1. The van der Waals surface area contributed by atoms with Gasteiger partial charge < -0.3 is 0 Å². The fourth-order valence-electron chi connectivity index (χ4n) is 0.500. The van der Waals surface area contributed by atoms with Crippen molar-refractivity contribution in [2.45, 2.75) is 0 Å². The van der Waals surface area contributed by atoms with E-state index in [1.54, 1.807) is 0 Å². The van der Waals surface area contributed by atoms with E-state index in [1.807, 2.05) is 0 Å². The molecule has 0 unspecified atom stereocenters. The summed E-state index contributed by atoms with van der Waals surface area (Å²) in [6.45, 7) is 0. The Balaban J connectivity index is 3.00. The second-order valence-electron chi connectivity index (χ2n) is 2.00. The zero-order valence-corrected chi connectivity index (χ0v) is 8.00. The van der Waals surface area contributed by atoms with E-state index in [1.165, 1.54) is 0 Å². The van der Waals surface area contributed by atoms with Crippen molar-refractivity contribution in [3.8, 4) is 94.7 Å². The third-order valence-electron chi connectivity index (χ3n) is 1.00. The van der Waals surface area contributed by atoms with Crippen LogP contribution in [0, 0.1) is 94.7 Å². The van der Waals surface area contributed by atoms with E-state index in [2.05, 4.69) is 94.7 Å². The van der Waals surface area contributed by atoms with Crippen LogP contribution in [0.15, 0.2) is 0 Å². The lowest BCUT2D eigenvalue weighted by Crippen LogP contribution is -1.57. The summed E-state index contributed by atoms with van der Waals surface area (Å²) in [5.74, 6) is 40.0. The zero-order chi connectivity index (χ0) is 11.3. The molecule has 1 aliphatic carbocycles. The van der Waals surface area contributed by atoms with Crippen LogP contribution in [0.3, 0.4) is 0 Å². The predicted octanol–water partition coefficient (Wildman–Crippen LogP) is 0.0272. The average molecular weight is 192 g/mol. The molecule has 0 spiro atoms. The van der Waals surface area contributed by atoms with Gasteiger partial charge in [-0.05, 0) is 0 Å². The second kappa shape index (κ2) is 8.10. The maximum atomic E-state index is 2.50. The van der Waals surface area contributed by atoms with Gasteiger partial charge >= 0.3 is 0 Å². The summed E-state index contributed by atoms with van der Waals surface area (Å²) in [7, 11) is 0. The molecule has 1 rings (SSSR count). The van der Waals surface area contributed by atoms with Gasteiger partial charge in [-0.2, -0.15) is 0 Å². The Labute approximate surface area is 95.2 Å². The highest BCUT2D eigenvalue weighted by molar-refractivity contribution is 5.48. The van der Waals surface area contributed by atoms with Gasteiger partial charge in [0.25, 0.3) is 0 Å². The van der Waals surface area contributed by atoms with Crippen LogP contribution in [0.4, 0.5) is 0 Å². The van der Waals surface area contributed by atoms with Gasteiger partial charge in [-0.1, -0.05) is 0 Å². The maximum Gasteiger partial charge on any atom is 0 e. The van der Waals surface area contributed by atoms with E-state index in [0.29, 0.717) is 0 Å². The van der Waals surface area contributed by atoms with Crippen molar-refractivity contribution in [3.63, 3.8) is 0 Å². The fourth-order valence-corrected chi connectivity index (χ4v) is 0.500. The summed E-state index contributed by atoms with van der Waals surface area (Å²) >= 11 is 0. The molecular weight excluding hydrogens is 192 g/mol. The first-order valence-corrected chi connectivity index (χ1v) is 4.00. The highest BCUT2D eigenvalue weighted by Crippen LogP contribution is 1.59. The smallest absolute Gasteiger partial charge is 0 e.